The fourth-order valence-corrected chi connectivity index (χ4v) is 3.23. The molecule has 2 aromatic rings. The van der Waals surface area contributed by atoms with E-state index in [1.54, 1.807) is 32.0 Å². The number of rotatable bonds is 13. The number of hydrogen-bond acceptors (Lipinski definition) is 6. The molecule has 0 saturated carbocycles. The minimum absolute atomic E-state index is 0.0806. The van der Waals surface area contributed by atoms with Crippen LogP contribution in [0, 0.1) is 0 Å². The first-order valence-electron chi connectivity index (χ1n) is 11.0. The molecule has 30 heavy (non-hydrogen) atoms. The van der Waals surface area contributed by atoms with E-state index in [4.69, 9.17) is 18.6 Å². The van der Waals surface area contributed by atoms with E-state index >= 15 is 0 Å². The Morgan fingerprint density at radius 3 is 2.30 bits per heavy atom. The average Bonchev–Trinajstić information content (AvgIpc) is 2.68. The van der Waals surface area contributed by atoms with Crippen molar-refractivity contribution in [3.63, 3.8) is 0 Å². The molecule has 0 aliphatic rings. The Labute approximate surface area is 178 Å². The zero-order valence-corrected chi connectivity index (χ0v) is 18.6. The maximum Gasteiger partial charge on any atom is 0.383 e. The van der Waals surface area contributed by atoms with E-state index in [-0.39, 0.29) is 17.6 Å². The highest BCUT2D eigenvalue weighted by atomic mass is 16.6. The molecule has 6 nitrogen and oxygen atoms in total. The molecule has 2 rings (SSSR count). The van der Waals surface area contributed by atoms with Crippen molar-refractivity contribution in [1.82, 2.24) is 0 Å². The molecule has 6 heteroatoms. The van der Waals surface area contributed by atoms with Crippen LogP contribution in [0.5, 0.6) is 17.2 Å². The first-order valence-corrected chi connectivity index (χ1v) is 11.0. The van der Waals surface area contributed by atoms with Gasteiger partial charge in [0.25, 0.3) is 0 Å². The van der Waals surface area contributed by atoms with E-state index < -0.39 is 11.6 Å². The van der Waals surface area contributed by atoms with E-state index in [9.17, 15) is 9.59 Å². The van der Waals surface area contributed by atoms with Crippen molar-refractivity contribution in [3.05, 3.63) is 28.6 Å². The number of carbonyl (C=O) groups is 1. The summed E-state index contributed by atoms with van der Waals surface area (Å²) in [7, 11) is 0. The van der Waals surface area contributed by atoms with Crippen molar-refractivity contribution in [2.45, 2.75) is 85.2 Å². The second-order valence-corrected chi connectivity index (χ2v) is 7.79. The smallest absolute Gasteiger partial charge is 0.383 e. The summed E-state index contributed by atoms with van der Waals surface area (Å²) in [6, 6.07) is 5.14. The minimum atomic E-state index is -0.687. The van der Waals surface area contributed by atoms with Gasteiger partial charge in [0.1, 0.15) is 11.3 Å². The zero-order chi connectivity index (χ0) is 21.9. The molecule has 0 saturated heterocycles. The first kappa shape index (κ1) is 23.8. The third kappa shape index (κ3) is 7.39. The van der Waals surface area contributed by atoms with E-state index in [2.05, 4.69) is 6.92 Å². The van der Waals surface area contributed by atoms with Crippen molar-refractivity contribution in [2.75, 3.05) is 6.61 Å². The van der Waals surface area contributed by atoms with Crippen molar-refractivity contribution in [2.24, 2.45) is 0 Å². The van der Waals surface area contributed by atoms with Crippen LogP contribution in [0.15, 0.2) is 27.4 Å². The lowest BCUT2D eigenvalue weighted by Gasteiger charge is -2.14. The number of benzene rings is 1. The van der Waals surface area contributed by atoms with Gasteiger partial charge in [0, 0.05) is 13.0 Å². The van der Waals surface area contributed by atoms with E-state index in [1.165, 1.54) is 45.4 Å². The third-order valence-corrected chi connectivity index (χ3v) is 4.66. The number of carbonyl (C=O) groups excluding carboxylic acids is 1. The van der Waals surface area contributed by atoms with Crippen LogP contribution in [0.4, 0.5) is 0 Å². The van der Waals surface area contributed by atoms with Gasteiger partial charge in [-0.25, -0.2) is 4.79 Å². The predicted octanol–water partition coefficient (Wildman–Crippen LogP) is 6.03. The molecule has 1 heterocycles. The summed E-state index contributed by atoms with van der Waals surface area (Å²) in [5, 5.41) is 0.486. The Hall–Kier alpha value is -2.50. The van der Waals surface area contributed by atoms with Gasteiger partial charge < -0.3 is 18.6 Å². The van der Waals surface area contributed by atoms with Gasteiger partial charge >= 0.3 is 11.6 Å². The number of fused-ring (bicyclic) bond motifs is 1. The number of unbranched alkanes of at least 4 members (excludes halogenated alkanes) is 7. The van der Waals surface area contributed by atoms with Gasteiger partial charge in [0.05, 0.1) is 18.1 Å². The molecule has 166 valence electrons. The lowest BCUT2D eigenvalue weighted by atomic mass is 10.1. The lowest BCUT2D eigenvalue weighted by Crippen LogP contribution is -2.16. The van der Waals surface area contributed by atoms with Crippen LogP contribution in [-0.4, -0.2) is 18.7 Å². The van der Waals surface area contributed by atoms with Gasteiger partial charge in [0.15, 0.2) is 5.75 Å². The van der Waals surface area contributed by atoms with E-state index in [1.807, 2.05) is 0 Å². The van der Waals surface area contributed by atoms with Gasteiger partial charge in [0.2, 0.25) is 5.75 Å². The summed E-state index contributed by atoms with van der Waals surface area (Å²) < 4.78 is 22.0. The molecule has 1 aromatic heterocycles. The molecule has 0 N–H and O–H groups in total. The predicted molar refractivity (Wildman–Crippen MR) is 118 cm³/mol. The highest BCUT2D eigenvalue weighted by Gasteiger charge is 2.20. The molecular formula is C24H34O6. The van der Waals surface area contributed by atoms with Crippen LogP contribution < -0.4 is 19.8 Å². The van der Waals surface area contributed by atoms with Crippen LogP contribution in [0.2, 0.25) is 0 Å². The number of hydrogen-bond donors (Lipinski definition) is 0. The molecule has 0 atom stereocenters. The highest BCUT2D eigenvalue weighted by molar-refractivity contribution is 5.89. The topological polar surface area (TPSA) is 75.0 Å². The Kier molecular flexibility index (Phi) is 9.71. The largest absolute Gasteiger partial charge is 0.493 e. The maximum absolute atomic E-state index is 12.4. The van der Waals surface area contributed by atoms with Gasteiger partial charge in [-0.05, 0) is 32.4 Å². The first-order chi connectivity index (χ1) is 14.4. The fourth-order valence-electron chi connectivity index (χ4n) is 3.23. The van der Waals surface area contributed by atoms with Crippen LogP contribution in [0.3, 0.4) is 0 Å². The Balaban J connectivity index is 2.02. The maximum atomic E-state index is 12.4. The molecule has 0 aliphatic carbocycles. The van der Waals surface area contributed by atoms with Gasteiger partial charge in [-0.2, -0.15) is 0 Å². The summed E-state index contributed by atoms with van der Waals surface area (Å²) in [6.07, 6.45) is 9.59. The second-order valence-electron chi connectivity index (χ2n) is 7.79. The standard InChI is InChI=1S/C24H34O6/c1-5-6-7-8-9-10-11-12-15-27-19-13-14-20-21(16-19)30-24(26)23(28-17(2)3)22(20)29-18(4)25/h13-14,16-17H,5-12,15H2,1-4H3. The summed E-state index contributed by atoms with van der Waals surface area (Å²) >= 11 is 0. The highest BCUT2D eigenvalue weighted by Crippen LogP contribution is 2.35. The number of esters is 1. The molecule has 1 aromatic carbocycles. The molecule has 0 spiro atoms. The fraction of sp³-hybridized carbons (Fsp3) is 0.583. The van der Waals surface area contributed by atoms with Crippen LogP contribution in [-0.2, 0) is 4.79 Å². The van der Waals surface area contributed by atoms with Crippen LogP contribution in [0.25, 0.3) is 11.0 Å². The quantitative estimate of drug-likeness (QED) is 0.225. The normalized spacial score (nSPS) is 11.1. The van der Waals surface area contributed by atoms with Gasteiger partial charge in [-0.15, -0.1) is 0 Å². The molecular weight excluding hydrogens is 384 g/mol. The van der Waals surface area contributed by atoms with Crippen LogP contribution in [0.1, 0.15) is 79.1 Å². The van der Waals surface area contributed by atoms with Crippen molar-refractivity contribution < 1.29 is 23.4 Å². The van der Waals surface area contributed by atoms with Gasteiger partial charge in [-0.1, -0.05) is 51.9 Å². The lowest BCUT2D eigenvalue weighted by molar-refractivity contribution is -0.131. The number of ether oxygens (including phenoxy) is 3. The molecule has 0 radical (unpaired) electrons. The SMILES string of the molecule is CCCCCCCCCCOc1ccc2c(OC(C)=O)c(OC(C)C)c(=O)oc2c1. The Bertz CT molecular complexity index is 868. The molecule has 0 fully saturated rings. The molecule has 0 unspecified atom stereocenters. The van der Waals surface area contributed by atoms with E-state index in [0.29, 0.717) is 23.3 Å². The summed E-state index contributed by atoms with van der Waals surface area (Å²) in [4.78, 5) is 23.9. The Morgan fingerprint density at radius 1 is 1.00 bits per heavy atom. The van der Waals surface area contributed by atoms with Crippen molar-refractivity contribution >= 4 is 16.9 Å². The second kappa shape index (κ2) is 12.3. The van der Waals surface area contributed by atoms with Gasteiger partial charge in [-0.3, -0.25) is 4.79 Å². The summed E-state index contributed by atoms with van der Waals surface area (Å²) in [5.74, 6) is 0.0582. The van der Waals surface area contributed by atoms with Crippen LogP contribution >= 0.6 is 0 Å². The minimum Gasteiger partial charge on any atom is -0.493 e. The third-order valence-electron chi connectivity index (χ3n) is 4.66. The van der Waals surface area contributed by atoms with E-state index in [0.717, 1.165) is 12.8 Å². The Morgan fingerprint density at radius 2 is 1.67 bits per heavy atom. The molecule has 0 bridgehead atoms. The van der Waals surface area contributed by atoms with Crippen molar-refractivity contribution in [3.8, 4) is 17.2 Å². The summed E-state index contributed by atoms with van der Waals surface area (Å²) in [5.41, 5.74) is -0.395. The molecule has 0 aliphatic heterocycles. The molecule has 0 amide bonds. The zero-order valence-electron chi connectivity index (χ0n) is 18.6. The summed E-state index contributed by atoms with van der Waals surface area (Å²) in [6.45, 7) is 7.67. The monoisotopic (exact) mass is 418 g/mol. The average molecular weight is 419 g/mol. The van der Waals surface area contributed by atoms with Crippen molar-refractivity contribution in [1.29, 1.82) is 0 Å².